The molecule has 4 nitrogen and oxygen atoms in total. The van der Waals surface area contributed by atoms with E-state index in [0.29, 0.717) is 12.3 Å². The first-order chi connectivity index (χ1) is 7.87. The number of hydrogen-bond acceptors (Lipinski definition) is 3. The molecule has 1 rings (SSSR count). The van der Waals surface area contributed by atoms with E-state index in [1.54, 1.807) is 12.1 Å². The minimum absolute atomic E-state index is 0. The van der Waals surface area contributed by atoms with E-state index in [1.807, 2.05) is 26.0 Å². The number of benzene rings is 1. The Morgan fingerprint density at radius 3 is 2.72 bits per heavy atom. The van der Waals surface area contributed by atoms with Crippen molar-refractivity contribution in [1.82, 2.24) is 5.32 Å². The Labute approximate surface area is 122 Å². The van der Waals surface area contributed by atoms with Crippen LogP contribution in [-0.2, 0) is 4.79 Å². The molecule has 0 spiro atoms. The van der Waals surface area contributed by atoms with Crippen LogP contribution in [0, 0.1) is 0 Å². The molecular weight excluding hydrogens is 320 g/mol. The lowest BCUT2D eigenvalue weighted by Crippen LogP contribution is -2.46. The van der Waals surface area contributed by atoms with Gasteiger partial charge in [0.05, 0.1) is 0 Å². The van der Waals surface area contributed by atoms with Crippen LogP contribution in [0.4, 0.5) is 0 Å². The number of amides is 1. The average molecular weight is 338 g/mol. The van der Waals surface area contributed by atoms with E-state index in [-0.39, 0.29) is 24.9 Å². The molecule has 1 amide bonds. The third kappa shape index (κ3) is 7.53. The van der Waals surface area contributed by atoms with E-state index in [4.69, 9.17) is 10.5 Å². The Morgan fingerprint density at radius 1 is 1.50 bits per heavy atom. The molecule has 3 N–H and O–H groups in total. The van der Waals surface area contributed by atoms with Crippen LogP contribution in [-0.4, -0.2) is 24.6 Å². The number of carbonyl (C=O) groups excluding carboxylic acids is 1. The smallest absolute Gasteiger partial charge is 0.258 e. The number of nitrogens with one attached hydrogen (secondary N) is 1. The summed E-state index contributed by atoms with van der Waals surface area (Å²) in [5.74, 6) is 0.477. The second-order valence-corrected chi connectivity index (χ2v) is 5.43. The van der Waals surface area contributed by atoms with Gasteiger partial charge in [-0.15, -0.1) is 12.4 Å². The van der Waals surface area contributed by atoms with Crippen molar-refractivity contribution in [2.24, 2.45) is 5.73 Å². The standard InChI is InChI=1S/C12H17BrN2O2.ClH/c1-12(2,14)8-15-11(16)7-17-10-5-3-4-9(13)6-10;/h3-6H,7-8,14H2,1-2H3,(H,15,16);1H. The Balaban J connectivity index is 0.00000289. The molecule has 0 atom stereocenters. The SMILES string of the molecule is CC(C)(N)CNC(=O)COc1cccc(Br)c1.Cl. The van der Waals surface area contributed by atoms with Crippen LogP contribution in [0.3, 0.4) is 0 Å². The van der Waals surface area contributed by atoms with Crippen molar-refractivity contribution < 1.29 is 9.53 Å². The third-order valence-corrected chi connectivity index (χ3v) is 2.40. The summed E-state index contributed by atoms with van der Waals surface area (Å²) in [6.07, 6.45) is 0. The van der Waals surface area contributed by atoms with E-state index < -0.39 is 5.54 Å². The second kappa shape index (κ2) is 7.61. The molecule has 1 aromatic rings. The van der Waals surface area contributed by atoms with Crippen molar-refractivity contribution in [2.45, 2.75) is 19.4 Å². The molecular formula is C12H18BrClN2O2. The van der Waals surface area contributed by atoms with E-state index in [0.717, 1.165) is 4.47 Å². The van der Waals surface area contributed by atoms with Crippen molar-refractivity contribution in [2.75, 3.05) is 13.2 Å². The van der Waals surface area contributed by atoms with Crippen LogP contribution < -0.4 is 15.8 Å². The van der Waals surface area contributed by atoms with E-state index >= 15 is 0 Å². The first kappa shape index (κ1) is 17.2. The Kier molecular flexibility index (Phi) is 7.28. The molecule has 0 saturated carbocycles. The zero-order valence-corrected chi connectivity index (χ0v) is 12.8. The van der Waals surface area contributed by atoms with Gasteiger partial charge >= 0.3 is 0 Å². The zero-order chi connectivity index (χ0) is 12.9. The van der Waals surface area contributed by atoms with E-state index in [9.17, 15) is 4.79 Å². The van der Waals surface area contributed by atoms with Gasteiger partial charge in [0.2, 0.25) is 0 Å². The number of nitrogens with two attached hydrogens (primary N) is 1. The number of hydrogen-bond donors (Lipinski definition) is 2. The second-order valence-electron chi connectivity index (χ2n) is 4.51. The molecule has 0 radical (unpaired) electrons. The summed E-state index contributed by atoms with van der Waals surface area (Å²) in [6, 6.07) is 7.34. The van der Waals surface area contributed by atoms with E-state index in [1.165, 1.54) is 0 Å². The highest BCUT2D eigenvalue weighted by Crippen LogP contribution is 2.17. The number of carbonyl (C=O) groups is 1. The normalized spacial score (nSPS) is 10.4. The molecule has 0 heterocycles. The summed E-state index contributed by atoms with van der Waals surface area (Å²) in [5, 5.41) is 2.71. The van der Waals surface area contributed by atoms with E-state index in [2.05, 4.69) is 21.2 Å². The van der Waals surface area contributed by atoms with Gasteiger partial charge in [-0.2, -0.15) is 0 Å². The summed E-state index contributed by atoms with van der Waals surface area (Å²) >= 11 is 3.33. The maximum absolute atomic E-state index is 11.4. The predicted molar refractivity (Wildman–Crippen MR) is 78.2 cm³/mol. The quantitative estimate of drug-likeness (QED) is 0.865. The topological polar surface area (TPSA) is 64.3 Å². The van der Waals surface area contributed by atoms with Crippen LogP contribution in [0.25, 0.3) is 0 Å². The van der Waals surface area contributed by atoms with Gasteiger partial charge < -0.3 is 15.8 Å². The molecule has 0 fully saturated rings. The van der Waals surface area contributed by atoms with Crippen LogP contribution >= 0.6 is 28.3 Å². The number of rotatable bonds is 5. The lowest BCUT2D eigenvalue weighted by Gasteiger charge is -2.18. The Hall–Kier alpha value is -0.780. The fourth-order valence-corrected chi connectivity index (χ4v) is 1.46. The molecule has 18 heavy (non-hydrogen) atoms. The highest BCUT2D eigenvalue weighted by Gasteiger charge is 2.12. The molecule has 0 aliphatic carbocycles. The van der Waals surface area contributed by atoms with Crippen molar-refractivity contribution in [3.05, 3.63) is 28.7 Å². The summed E-state index contributed by atoms with van der Waals surface area (Å²) in [5.41, 5.74) is 5.34. The minimum atomic E-state index is -0.411. The summed E-state index contributed by atoms with van der Waals surface area (Å²) < 4.78 is 6.25. The first-order valence-electron chi connectivity index (χ1n) is 5.31. The van der Waals surface area contributed by atoms with Gasteiger partial charge in [-0.3, -0.25) is 4.79 Å². The molecule has 0 unspecified atom stereocenters. The van der Waals surface area contributed by atoms with Gasteiger partial charge in [0.25, 0.3) is 5.91 Å². The minimum Gasteiger partial charge on any atom is -0.484 e. The molecule has 0 saturated heterocycles. The first-order valence-corrected chi connectivity index (χ1v) is 6.10. The number of ether oxygens (including phenoxy) is 1. The van der Waals surface area contributed by atoms with Crippen molar-refractivity contribution >= 4 is 34.2 Å². The van der Waals surface area contributed by atoms with Crippen molar-refractivity contribution in [3.8, 4) is 5.75 Å². The van der Waals surface area contributed by atoms with Crippen LogP contribution in [0.1, 0.15) is 13.8 Å². The zero-order valence-electron chi connectivity index (χ0n) is 10.4. The third-order valence-electron chi connectivity index (χ3n) is 1.91. The molecule has 0 aliphatic heterocycles. The molecule has 0 aromatic heterocycles. The molecule has 0 bridgehead atoms. The Bertz CT molecular complexity index is 394. The maximum Gasteiger partial charge on any atom is 0.258 e. The Morgan fingerprint density at radius 2 is 2.17 bits per heavy atom. The lowest BCUT2D eigenvalue weighted by atomic mass is 10.1. The van der Waals surface area contributed by atoms with Gasteiger partial charge in [0, 0.05) is 16.6 Å². The van der Waals surface area contributed by atoms with Gasteiger partial charge in [0.1, 0.15) is 5.75 Å². The van der Waals surface area contributed by atoms with Gasteiger partial charge in [-0.25, -0.2) is 0 Å². The fourth-order valence-electron chi connectivity index (χ4n) is 1.08. The highest BCUT2D eigenvalue weighted by atomic mass is 79.9. The average Bonchev–Trinajstić information content (AvgIpc) is 2.23. The van der Waals surface area contributed by atoms with Crippen LogP contribution in [0.5, 0.6) is 5.75 Å². The molecule has 102 valence electrons. The maximum atomic E-state index is 11.4. The lowest BCUT2D eigenvalue weighted by molar-refractivity contribution is -0.123. The summed E-state index contributed by atoms with van der Waals surface area (Å²) in [6.45, 7) is 4.12. The molecule has 1 aromatic carbocycles. The van der Waals surface area contributed by atoms with Gasteiger partial charge in [-0.05, 0) is 32.0 Å². The monoisotopic (exact) mass is 336 g/mol. The van der Waals surface area contributed by atoms with Crippen LogP contribution in [0.15, 0.2) is 28.7 Å². The highest BCUT2D eigenvalue weighted by molar-refractivity contribution is 9.10. The van der Waals surface area contributed by atoms with Crippen LogP contribution in [0.2, 0.25) is 0 Å². The predicted octanol–water partition coefficient (Wildman–Crippen LogP) is 2.10. The van der Waals surface area contributed by atoms with Gasteiger partial charge in [-0.1, -0.05) is 22.0 Å². The van der Waals surface area contributed by atoms with Gasteiger partial charge in [0.15, 0.2) is 6.61 Å². The summed E-state index contributed by atoms with van der Waals surface area (Å²) in [4.78, 5) is 11.4. The molecule has 6 heteroatoms. The molecule has 0 aliphatic rings. The largest absolute Gasteiger partial charge is 0.484 e. The summed E-state index contributed by atoms with van der Waals surface area (Å²) in [7, 11) is 0. The van der Waals surface area contributed by atoms with Crippen molar-refractivity contribution in [3.63, 3.8) is 0 Å². The fraction of sp³-hybridized carbons (Fsp3) is 0.417. The number of halogens is 2. The van der Waals surface area contributed by atoms with Crippen molar-refractivity contribution in [1.29, 1.82) is 0 Å².